The fourth-order valence-corrected chi connectivity index (χ4v) is 1.72. The molecule has 1 aromatic carbocycles. The Morgan fingerprint density at radius 3 is 2.37 bits per heavy atom. The van der Waals surface area contributed by atoms with Crippen LogP contribution in [-0.2, 0) is 11.3 Å². The van der Waals surface area contributed by atoms with E-state index in [1.165, 1.54) is 0 Å². The standard InChI is InChI=1S/C13H19F3N2O/c14-13(15,16)19-10-9-18(8-4-7-17)11-12-5-2-1-3-6-12/h1-3,5-6H,4,7-11,17H2. The van der Waals surface area contributed by atoms with Gasteiger partial charge in [0.2, 0.25) is 0 Å². The fraction of sp³-hybridized carbons (Fsp3) is 0.538. The molecule has 6 heteroatoms. The van der Waals surface area contributed by atoms with Crippen LogP contribution in [0.2, 0.25) is 0 Å². The van der Waals surface area contributed by atoms with Gasteiger partial charge in [-0.15, -0.1) is 13.2 Å². The van der Waals surface area contributed by atoms with Gasteiger partial charge in [0, 0.05) is 13.1 Å². The Balaban J connectivity index is 2.42. The second-order valence-electron chi connectivity index (χ2n) is 4.20. The number of nitrogens with zero attached hydrogens (tertiary/aromatic N) is 1. The van der Waals surface area contributed by atoms with Gasteiger partial charge < -0.3 is 5.73 Å². The molecule has 0 atom stereocenters. The number of halogens is 3. The van der Waals surface area contributed by atoms with E-state index in [9.17, 15) is 13.2 Å². The maximum Gasteiger partial charge on any atom is 0.522 e. The summed E-state index contributed by atoms with van der Waals surface area (Å²) in [5.41, 5.74) is 6.49. The molecule has 0 aliphatic heterocycles. The first kappa shape index (κ1) is 15.9. The molecule has 0 fully saturated rings. The van der Waals surface area contributed by atoms with Gasteiger partial charge in [-0.2, -0.15) is 0 Å². The van der Waals surface area contributed by atoms with E-state index in [-0.39, 0.29) is 13.2 Å². The lowest BCUT2D eigenvalue weighted by Gasteiger charge is -2.22. The number of rotatable bonds is 8. The van der Waals surface area contributed by atoms with Crippen molar-refractivity contribution in [1.29, 1.82) is 0 Å². The minimum atomic E-state index is -4.56. The first-order valence-electron chi connectivity index (χ1n) is 6.18. The number of benzene rings is 1. The Morgan fingerprint density at radius 2 is 1.79 bits per heavy atom. The van der Waals surface area contributed by atoms with Crippen LogP contribution in [0.15, 0.2) is 30.3 Å². The SMILES string of the molecule is NCCCN(CCOC(F)(F)F)Cc1ccccc1. The summed E-state index contributed by atoms with van der Waals surface area (Å²) in [6, 6.07) is 9.60. The molecule has 3 nitrogen and oxygen atoms in total. The number of hydrogen-bond donors (Lipinski definition) is 1. The zero-order valence-electron chi connectivity index (χ0n) is 10.7. The summed E-state index contributed by atoms with van der Waals surface area (Å²) < 4.78 is 39.6. The molecule has 0 amide bonds. The zero-order chi connectivity index (χ0) is 14.1. The first-order chi connectivity index (χ1) is 9.01. The number of nitrogens with two attached hydrogens (primary N) is 1. The van der Waals surface area contributed by atoms with E-state index in [1.54, 1.807) is 0 Å². The van der Waals surface area contributed by atoms with Crippen molar-refractivity contribution < 1.29 is 17.9 Å². The minimum Gasteiger partial charge on any atom is -0.330 e. The highest BCUT2D eigenvalue weighted by molar-refractivity contribution is 5.14. The second-order valence-corrected chi connectivity index (χ2v) is 4.20. The lowest BCUT2D eigenvalue weighted by molar-refractivity contribution is -0.325. The normalized spacial score (nSPS) is 12.1. The highest BCUT2D eigenvalue weighted by Crippen LogP contribution is 2.16. The van der Waals surface area contributed by atoms with Crippen LogP contribution in [0.1, 0.15) is 12.0 Å². The summed E-state index contributed by atoms with van der Waals surface area (Å²) in [4.78, 5) is 1.91. The molecule has 0 aliphatic carbocycles. The molecule has 0 radical (unpaired) electrons. The van der Waals surface area contributed by atoms with Gasteiger partial charge in [-0.05, 0) is 25.1 Å². The van der Waals surface area contributed by atoms with Crippen molar-refractivity contribution in [2.24, 2.45) is 5.73 Å². The van der Waals surface area contributed by atoms with Crippen molar-refractivity contribution in [2.45, 2.75) is 19.3 Å². The number of hydrogen-bond acceptors (Lipinski definition) is 3. The Labute approximate surface area is 111 Å². The molecule has 0 aliphatic rings. The maximum atomic E-state index is 11.9. The minimum absolute atomic E-state index is 0.231. The third-order valence-electron chi connectivity index (χ3n) is 2.60. The summed E-state index contributed by atoms with van der Waals surface area (Å²) in [5, 5.41) is 0. The van der Waals surface area contributed by atoms with Crippen molar-refractivity contribution in [1.82, 2.24) is 4.90 Å². The molecular formula is C13H19F3N2O. The van der Waals surface area contributed by atoms with Gasteiger partial charge in [0.15, 0.2) is 0 Å². The topological polar surface area (TPSA) is 38.5 Å². The molecule has 0 aromatic heterocycles. The van der Waals surface area contributed by atoms with Gasteiger partial charge in [0.25, 0.3) is 0 Å². The monoisotopic (exact) mass is 276 g/mol. The summed E-state index contributed by atoms with van der Waals surface area (Å²) in [7, 11) is 0. The van der Waals surface area contributed by atoms with Crippen molar-refractivity contribution in [3.63, 3.8) is 0 Å². The van der Waals surface area contributed by atoms with E-state index < -0.39 is 6.36 Å². The van der Waals surface area contributed by atoms with Crippen LogP contribution in [0.5, 0.6) is 0 Å². The van der Waals surface area contributed by atoms with E-state index in [4.69, 9.17) is 5.73 Å². The predicted octanol–water partition coefficient (Wildman–Crippen LogP) is 2.37. The fourth-order valence-electron chi connectivity index (χ4n) is 1.72. The van der Waals surface area contributed by atoms with Crippen molar-refractivity contribution >= 4 is 0 Å². The van der Waals surface area contributed by atoms with Crippen LogP contribution in [0.3, 0.4) is 0 Å². The Bertz CT molecular complexity index is 343. The van der Waals surface area contributed by atoms with Gasteiger partial charge >= 0.3 is 6.36 Å². The lowest BCUT2D eigenvalue weighted by atomic mass is 10.2. The number of alkyl halides is 3. The molecule has 0 bridgehead atoms. The zero-order valence-corrected chi connectivity index (χ0v) is 10.7. The van der Waals surface area contributed by atoms with Crippen LogP contribution in [0.25, 0.3) is 0 Å². The second kappa shape index (κ2) is 8.14. The Hall–Kier alpha value is -1.11. The van der Waals surface area contributed by atoms with E-state index in [1.807, 2.05) is 35.2 Å². The molecule has 108 valence electrons. The van der Waals surface area contributed by atoms with Crippen LogP contribution in [0.4, 0.5) is 13.2 Å². The molecule has 0 unspecified atom stereocenters. The van der Waals surface area contributed by atoms with Crippen LogP contribution in [-0.4, -0.2) is 37.5 Å². The summed E-state index contributed by atoms with van der Waals surface area (Å²) in [5.74, 6) is 0. The van der Waals surface area contributed by atoms with Crippen LogP contribution in [0, 0.1) is 0 Å². The smallest absolute Gasteiger partial charge is 0.330 e. The van der Waals surface area contributed by atoms with Crippen LogP contribution < -0.4 is 5.73 Å². The molecule has 0 heterocycles. The largest absolute Gasteiger partial charge is 0.522 e. The quantitative estimate of drug-likeness (QED) is 0.792. The maximum absolute atomic E-state index is 11.9. The summed E-state index contributed by atoms with van der Waals surface area (Å²) in [6.45, 7) is 1.65. The third kappa shape index (κ3) is 7.81. The molecule has 0 spiro atoms. The molecule has 2 N–H and O–H groups in total. The Morgan fingerprint density at radius 1 is 1.11 bits per heavy atom. The van der Waals surface area contributed by atoms with Crippen molar-refractivity contribution in [2.75, 3.05) is 26.2 Å². The Kier molecular flexibility index (Phi) is 6.83. The average Bonchev–Trinajstić information content (AvgIpc) is 2.35. The van der Waals surface area contributed by atoms with Crippen LogP contribution >= 0.6 is 0 Å². The molecule has 19 heavy (non-hydrogen) atoms. The van der Waals surface area contributed by atoms with Gasteiger partial charge in [-0.3, -0.25) is 9.64 Å². The van der Waals surface area contributed by atoms with Crippen molar-refractivity contribution in [3.8, 4) is 0 Å². The van der Waals surface area contributed by atoms with E-state index >= 15 is 0 Å². The molecule has 0 saturated heterocycles. The number of ether oxygens (including phenoxy) is 1. The van der Waals surface area contributed by atoms with Gasteiger partial charge in [0.05, 0.1) is 6.61 Å². The predicted molar refractivity (Wildman–Crippen MR) is 67.4 cm³/mol. The van der Waals surface area contributed by atoms with E-state index in [2.05, 4.69) is 4.74 Å². The molecule has 1 rings (SSSR count). The highest BCUT2D eigenvalue weighted by atomic mass is 19.4. The van der Waals surface area contributed by atoms with Gasteiger partial charge in [0.1, 0.15) is 0 Å². The lowest BCUT2D eigenvalue weighted by Crippen LogP contribution is -2.31. The molecule has 1 aromatic rings. The van der Waals surface area contributed by atoms with E-state index in [0.29, 0.717) is 19.6 Å². The van der Waals surface area contributed by atoms with Crippen molar-refractivity contribution in [3.05, 3.63) is 35.9 Å². The first-order valence-corrected chi connectivity index (χ1v) is 6.18. The van der Waals surface area contributed by atoms with E-state index in [0.717, 1.165) is 12.0 Å². The summed E-state index contributed by atoms with van der Waals surface area (Å²) in [6.07, 6.45) is -3.81. The van der Waals surface area contributed by atoms with Gasteiger partial charge in [-0.25, -0.2) is 0 Å². The van der Waals surface area contributed by atoms with Gasteiger partial charge in [-0.1, -0.05) is 30.3 Å². The summed E-state index contributed by atoms with van der Waals surface area (Å²) >= 11 is 0. The average molecular weight is 276 g/mol. The third-order valence-corrected chi connectivity index (χ3v) is 2.60. The highest BCUT2D eigenvalue weighted by Gasteiger charge is 2.28. The molecular weight excluding hydrogens is 257 g/mol. The molecule has 0 saturated carbocycles.